The molecule has 0 aromatic carbocycles. The molecule has 2 atom stereocenters. The van der Waals surface area contributed by atoms with Crippen LogP contribution in [0.3, 0.4) is 0 Å². The van der Waals surface area contributed by atoms with E-state index in [0.29, 0.717) is 32.7 Å². The fraction of sp³-hybridized carbons (Fsp3) is 0.385. The summed E-state index contributed by atoms with van der Waals surface area (Å²) in [4.78, 5) is 45.5. The van der Waals surface area contributed by atoms with Gasteiger partial charge in [-0.15, -0.1) is 34.0 Å². The van der Waals surface area contributed by atoms with Crippen molar-refractivity contribution >= 4 is 61.9 Å². The summed E-state index contributed by atoms with van der Waals surface area (Å²) < 4.78 is 12.6. The van der Waals surface area contributed by atoms with Gasteiger partial charge in [0.1, 0.15) is 54.1 Å². The molecule has 2 amide bonds. The van der Waals surface area contributed by atoms with E-state index in [4.69, 9.17) is 25.2 Å². The van der Waals surface area contributed by atoms with Gasteiger partial charge in [-0.2, -0.15) is 0 Å². The zero-order valence-electron chi connectivity index (χ0n) is 22.6. The van der Waals surface area contributed by atoms with E-state index in [9.17, 15) is 9.59 Å². The largest absolute Gasteiger partial charge is 0.444 e. The van der Waals surface area contributed by atoms with Crippen molar-refractivity contribution in [3.8, 4) is 32.7 Å². The lowest BCUT2D eigenvalue weighted by molar-refractivity contribution is -0.0757. The third-order valence-corrected chi connectivity index (χ3v) is 9.33. The smallest absolute Gasteiger partial charge is 0.413 e. The fourth-order valence-electron chi connectivity index (χ4n) is 4.44. The molecule has 0 bridgehead atoms. The molecule has 0 unspecified atom stereocenters. The van der Waals surface area contributed by atoms with E-state index in [0.717, 1.165) is 9.61 Å². The number of carbonyl (C=O) groups excluding carboxylic acids is 2. The molecule has 4 aromatic heterocycles. The highest BCUT2D eigenvalue weighted by Crippen LogP contribution is 2.44. The average molecular weight is 664 g/mol. The third kappa shape index (κ3) is 5.68. The molecule has 2 N–H and O–H groups in total. The van der Waals surface area contributed by atoms with Crippen molar-refractivity contribution in [1.29, 1.82) is 0 Å². The van der Waals surface area contributed by atoms with Gasteiger partial charge in [0.2, 0.25) is 0 Å². The Bertz CT molecular complexity index is 1590. The van der Waals surface area contributed by atoms with E-state index in [1.165, 1.54) is 34.0 Å². The van der Waals surface area contributed by atoms with Gasteiger partial charge in [0.05, 0.1) is 11.8 Å². The highest BCUT2D eigenvalue weighted by atomic mass is 79.9. The van der Waals surface area contributed by atoms with Gasteiger partial charge in [-0.1, -0.05) is 0 Å². The van der Waals surface area contributed by atoms with E-state index in [1.54, 1.807) is 10.3 Å². The number of halogens is 1. The van der Waals surface area contributed by atoms with E-state index in [1.807, 2.05) is 64.4 Å². The molecule has 0 spiro atoms. The molecule has 5 heterocycles. The summed E-state index contributed by atoms with van der Waals surface area (Å²) in [5.41, 5.74) is 6.62. The second-order valence-corrected chi connectivity index (χ2v) is 14.0. The number of aromatic nitrogens is 4. The van der Waals surface area contributed by atoms with Gasteiger partial charge in [-0.05, 0) is 69.6 Å². The second kappa shape index (κ2) is 10.6. The fourth-order valence-corrected chi connectivity index (χ4v) is 7.48. The van der Waals surface area contributed by atoms with E-state index < -0.39 is 29.4 Å². The Labute approximate surface area is 251 Å². The van der Waals surface area contributed by atoms with E-state index in [-0.39, 0.29) is 11.8 Å². The lowest BCUT2D eigenvalue weighted by Gasteiger charge is -2.34. The summed E-state index contributed by atoms with van der Waals surface area (Å²) in [6, 6.07) is 3.29. The number of rotatable bonds is 5. The molecule has 14 heteroatoms. The molecular formula is C26H27BrN6O4S3. The number of nitrogens with two attached hydrogens (primary N) is 1. The molecule has 0 aliphatic carbocycles. The van der Waals surface area contributed by atoms with Crippen LogP contribution in [0.15, 0.2) is 32.9 Å². The number of pyridine rings is 1. The minimum Gasteiger partial charge on any atom is -0.444 e. The maximum absolute atomic E-state index is 13.3. The zero-order valence-corrected chi connectivity index (χ0v) is 26.6. The van der Waals surface area contributed by atoms with Gasteiger partial charge >= 0.3 is 6.09 Å². The van der Waals surface area contributed by atoms with Crippen molar-refractivity contribution < 1.29 is 19.1 Å². The number of ether oxygens (including phenoxy) is 2. The van der Waals surface area contributed by atoms with Crippen molar-refractivity contribution in [1.82, 2.24) is 24.8 Å². The Balaban J connectivity index is 1.59. The molecule has 0 radical (unpaired) electrons. The first-order valence-electron chi connectivity index (χ1n) is 12.3. The van der Waals surface area contributed by atoms with Crippen LogP contribution in [0.2, 0.25) is 0 Å². The van der Waals surface area contributed by atoms with Gasteiger partial charge in [0.25, 0.3) is 5.91 Å². The monoisotopic (exact) mass is 662 g/mol. The first kappa shape index (κ1) is 28.7. The van der Waals surface area contributed by atoms with Crippen LogP contribution in [0.25, 0.3) is 32.7 Å². The summed E-state index contributed by atoms with van der Waals surface area (Å²) in [5.74, 6) is -0.600. The first-order chi connectivity index (χ1) is 18.7. The molecule has 5 rings (SSSR count). The van der Waals surface area contributed by atoms with E-state index >= 15 is 0 Å². The number of carbonyl (C=O) groups is 2. The first-order valence-corrected chi connectivity index (χ1v) is 15.7. The molecule has 1 fully saturated rings. The van der Waals surface area contributed by atoms with Crippen LogP contribution in [0, 0.1) is 0 Å². The number of nitrogens with zero attached hydrogens (tertiary/aromatic N) is 5. The van der Waals surface area contributed by atoms with Crippen molar-refractivity contribution in [2.45, 2.75) is 65.0 Å². The van der Waals surface area contributed by atoms with Gasteiger partial charge in [0, 0.05) is 21.7 Å². The molecule has 1 aliphatic heterocycles. The normalized spacial score (nSPS) is 18.7. The highest BCUT2D eigenvalue weighted by molar-refractivity contribution is 9.10. The second-order valence-electron chi connectivity index (χ2n) is 10.6. The molecule has 40 heavy (non-hydrogen) atoms. The molecule has 1 aliphatic rings. The van der Waals surface area contributed by atoms with Crippen molar-refractivity contribution in [3.63, 3.8) is 0 Å². The summed E-state index contributed by atoms with van der Waals surface area (Å²) in [6.45, 7) is 11.1. The standard InChI is InChI=1S/C26H27BrN6O4S3/c1-12-19(33(26(5,6)36-12)24(35)37-25(2,3)4)23-30-15(9-39-23)18-13(21-31-16(10-38-21)20(28)34)7-8-14(29-18)22-32-17(27)11-40-22/h7-12,19H,1-6H3,(H2,28,34)/t12-,19+/m1/s1. The summed E-state index contributed by atoms with van der Waals surface area (Å²) in [5, 5.41) is 7.43. The SMILES string of the molecule is C[C@H]1OC(C)(C)N(C(=O)OC(C)(C)C)[C@@H]1c1nc(-c2nc(-c3nc(Br)cs3)ccc2-c2nc(C(N)=O)cs2)cs1. The molecule has 4 aromatic rings. The Morgan fingerprint density at radius 2 is 1.75 bits per heavy atom. The minimum absolute atomic E-state index is 0.185. The maximum Gasteiger partial charge on any atom is 0.413 e. The Morgan fingerprint density at radius 3 is 2.38 bits per heavy atom. The van der Waals surface area contributed by atoms with Crippen LogP contribution in [-0.4, -0.2) is 54.3 Å². The number of hydrogen-bond donors (Lipinski definition) is 1. The molecule has 1 saturated heterocycles. The van der Waals surface area contributed by atoms with Crippen molar-refractivity contribution in [3.05, 3.63) is 43.6 Å². The Morgan fingerprint density at radius 1 is 1.02 bits per heavy atom. The van der Waals surface area contributed by atoms with Gasteiger partial charge in [-0.3, -0.25) is 9.69 Å². The van der Waals surface area contributed by atoms with Crippen LogP contribution < -0.4 is 5.73 Å². The minimum atomic E-state index is -0.897. The van der Waals surface area contributed by atoms with Gasteiger partial charge in [-0.25, -0.2) is 24.7 Å². The van der Waals surface area contributed by atoms with Crippen molar-refractivity contribution in [2.24, 2.45) is 5.73 Å². The maximum atomic E-state index is 13.3. The van der Waals surface area contributed by atoms with Crippen LogP contribution in [0.4, 0.5) is 4.79 Å². The molecule has 0 saturated carbocycles. The average Bonchev–Trinajstić information content (AvgIpc) is 3.63. The number of amides is 2. The third-order valence-electron chi connectivity index (χ3n) is 5.96. The van der Waals surface area contributed by atoms with Crippen LogP contribution in [-0.2, 0) is 9.47 Å². The van der Waals surface area contributed by atoms with Crippen LogP contribution in [0.5, 0.6) is 0 Å². The van der Waals surface area contributed by atoms with Gasteiger partial charge < -0.3 is 15.2 Å². The number of primary amides is 1. The number of hydrogen-bond acceptors (Lipinski definition) is 11. The summed E-state index contributed by atoms with van der Waals surface area (Å²) >= 11 is 7.58. The number of thiazole rings is 3. The van der Waals surface area contributed by atoms with Gasteiger partial charge in [0.15, 0.2) is 0 Å². The molecular weight excluding hydrogens is 636 g/mol. The Kier molecular flexibility index (Phi) is 7.59. The Hall–Kier alpha value is -2.78. The van der Waals surface area contributed by atoms with Crippen LogP contribution >= 0.6 is 49.9 Å². The lowest BCUT2D eigenvalue weighted by Crippen LogP contribution is -2.47. The highest BCUT2D eigenvalue weighted by Gasteiger charge is 2.51. The quantitative estimate of drug-likeness (QED) is 0.248. The van der Waals surface area contributed by atoms with E-state index in [2.05, 4.69) is 25.9 Å². The summed E-state index contributed by atoms with van der Waals surface area (Å²) in [6.07, 6.45) is -0.800. The summed E-state index contributed by atoms with van der Waals surface area (Å²) in [7, 11) is 0. The predicted molar refractivity (Wildman–Crippen MR) is 159 cm³/mol. The topological polar surface area (TPSA) is 133 Å². The zero-order chi connectivity index (χ0) is 29.0. The van der Waals surface area contributed by atoms with Crippen molar-refractivity contribution in [2.75, 3.05) is 0 Å². The predicted octanol–water partition coefficient (Wildman–Crippen LogP) is 6.75. The molecule has 10 nitrogen and oxygen atoms in total. The van der Waals surface area contributed by atoms with Crippen LogP contribution in [0.1, 0.15) is 63.1 Å². The lowest BCUT2D eigenvalue weighted by atomic mass is 10.1. The molecule has 210 valence electrons.